The predicted molar refractivity (Wildman–Crippen MR) is 70.4 cm³/mol. The summed E-state index contributed by atoms with van der Waals surface area (Å²) < 4.78 is 1.92. The maximum absolute atomic E-state index is 4.68. The van der Waals surface area contributed by atoms with Gasteiger partial charge >= 0.3 is 0 Å². The average Bonchev–Trinajstić information content (AvgIpc) is 3.15. The van der Waals surface area contributed by atoms with Crippen LogP contribution in [-0.2, 0) is 6.54 Å². The summed E-state index contributed by atoms with van der Waals surface area (Å²) in [5.74, 6) is 2.27. The molecule has 1 fully saturated rings. The van der Waals surface area contributed by atoms with Crippen LogP contribution in [0.2, 0.25) is 0 Å². The minimum absolute atomic E-state index is 0.622. The Balaban J connectivity index is 2.07. The lowest BCUT2D eigenvalue weighted by molar-refractivity contribution is 0.663. The molecule has 5 heteroatoms. The molecule has 2 aromatic rings. The molecule has 18 heavy (non-hydrogen) atoms. The molecule has 0 spiro atoms. The van der Waals surface area contributed by atoms with Gasteiger partial charge in [0, 0.05) is 37.5 Å². The zero-order valence-electron chi connectivity index (χ0n) is 10.7. The number of nitrogens with zero attached hydrogens (tertiary/aromatic N) is 4. The Bertz CT molecular complexity index is 556. The van der Waals surface area contributed by atoms with E-state index in [0.29, 0.717) is 5.92 Å². The monoisotopic (exact) mass is 243 g/mol. The lowest BCUT2D eigenvalue weighted by Crippen LogP contribution is -2.05. The normalized spacial score (nSPS) is 14.8. The molecule has 0 saturated heterocycles. The number of anilines is 1. The van der Waals surface area contributed by atoms with Gasteiger partial charge in [-0.1, -0.05) is 0 Å². The van der Waals surface area contributed by atoms with Gasteiger partial charge in [-0.2, -0.15) is 5.10 Å². The summed E-state index contributed by atoms with van der Waals surface area (Å²) in [5.41, 5.74) is 2.13. The van der Waals surface area contributed by atoms with Crippen molar-refractivity contribution in [2.75, 3.05) is 12.4 Å². The minimum Gasteiger partial charge on any atom is -0.373 e. The number of hydrogen-bond acceptors (Lipinski definition) is 4. The zero-order chi connectivity index (χ0) is 12.5. The molecule has 1 N–H and O–H groups in total. The standard InChI is InChI=1S/C13H17N5/c1-3-18-11(6-7-15-18)13-16-10(9-4-5-9)8-12(14-2)17-13/h6-9H,3-5H2,1-2H3,(H,14,16,17). The van der Waals surface area contributed by atoms with E-state index in [2.05, 4.69) is 27.3 Å². The van der Waals surface area contributed by atoms with Gasteiger partial charge in [-0.25, -0.2) is 9.97 Å². The van der Waals surface area contributed by atoms with Crippen LogP contribution >= 0.6 is 0 Å². The van der Waals surface area contributed by atoms with Crippen molar-refractivity contribution in [1.82, 2.24) is 19.7 Å². The van der Waals surface area contributed by atoms with Gasteiger partial charge < -0.3 is 5.32 Å². The third-order valence-electron chi connectivity index (χ3n) is 3.24. The van der Waals surface area contributed by atoms with E-state index in [1.165, 1.54) is 12.8 Å². The van der Waals surface area contributed by atoms with Gasteiger partial charge in [0.15, 0.2) is 5.82 Å². The van der Waals surface area contributed by atoms with E-state index in [9.17, 15) is 0 Å². The van der Waals surface area contributed by atoms with Gasteiger partial charge in [0.25, 0.3) is 0 Å². The molecule has 1 saturated carbocycles. The number of hydrogen-bond donors (Lipinski definition) is 1. The lowest BCUT2D eigenvalue weighted by atomic mass is 10.2. The molecular weight excluding hydrogens is 226 g/mol. The Morgan fingerprint density at radius 2 is 2.22 bits per heavy atom. The molecule has 2 aromatic heterocycles. The summed E-state index contributed by atoms with van der Waals surface area (Å²) in [6.07, 6.45) is 4.28. The van der Waals surface area contributed by atoms with E-state index in [1.54, 1.807) is 6.20 Å². The first kappa shape index (κ1) is 11.2. The van der Waals surface area contributed by atoms with E-state index in [1.807, 2.05) is 23.9 Å². The highest BCUT2D eigenvalue weighted by Gasteiger charge is 2.26. The SMILES string of the molecule is CCn1nccc1-c1nc(NC)cc(C2CC2)n1. The van der Waals surface area contributed by atoms with Crippen molar-refractivity contribution in [2.45, 2.75) is 32.2 Å². The minimum atomic E-state index is 0.622. The second-order valence-electron chi connectivity index (χ2n) is 4.56. The van der Waals surface area contributed by atoms with Crippen molar-refractivity contribution in [3.63, 3.8) is 0 Å². The smallest absolute Gasteiger partial charge is 0.180 e. The quantitative estimate of drug-likeness (QED) is 0.895. The lowest BCUT2D eigenvalue weighted by Gasteiger charge is -2.08. The fraction of sp³-hybridized carbons (Fsp3) is 0.462. The highest BCUT2D eigenvalue weighted by molar-refractivity contribution is 5.53. The Morgan fingerprint density at radius 1 is 1.39 bits per heavy atom. The van der Waals surface area contributed by atoms with Crippen molar-refractivity contribution < 1.29 is 0 Å². The molecule has 1 aliphatic carbocycles. The molecule has 3 rings (SSSR count). The van der Waals surface area contributed by atoms with Gasteiger partial charge in [-0.15, -0.1) is 0 Å². The van der Waals surface area contributed by atoms with Crippen LogP contribution in [0.25, 0.3) is 11.5 Å². The second kappa shape index (κ2) is 4.40. The molecule has 5 nitrogen and oxygen atoms in total. The van der Waals surface area contributed by atoms with Crippen molar-refractivity contribution in [2.24, 2.45) is 0 Å². The second-order valence-corrected chi connectivity index (χ2v) is 4.56. The van der Waals surface area contributed by atoms with Crippen LogP contribution in [0, 0.1) is 0 Å². The first-order valence-electron chi connectivity index (χ1n) is 6.40. The number of aromatic nitrogens is 4. The first-order valence-corrected chi connectivity index (χ1v) is 6.40. The van der Waals surface area contributed by atoms with Gasteiger partial charge in [-0.05, 0) is 25.8 Å². The number of aryl methyl sites for hydroxylation is 1. The Hall–Kier alpha value is -1.91. The Kier molecular flexibility index (Phi) is 2.74. The third kappa shape index (κ3) is 1.96. The van der Waals surface area contributed by atoms with E-state index in [4.69, 9.17) is 0 Å². The summed E-state index contributed by atoms with van der Waals surface area (Å²) in [5, 5.41) is 7.38. The summed E-state index contributed by atoms with van der Waals surface area (Å²) in [6, 6.07) is 4.02. The van der Waals surface area contributed by atoms with Crippen LogP contribution in [0.1, 0.15) is 31.4 Å². The van der Waals surface area contributed by atoms with Crippen LogP contribution in [0.5, 0.6) is 0 Å². The number of nitrogens with one attached hydrogen (secondary N) is 1. The average molecular weight is 243 g/mol. The van der Waals surface area contributed by atoms with Crippen molar-refractivity contribution in [3.05, 3.63) is 24.0 Å². The molecule has 1 aliphatic rings. The van der Waals surface area contributed by atoms with Gasteiger partial charge in [0.2, 0.25) is 0 Å². The third-order valence-corrected chi connectivity index (χ3v) is 3.24. The summed E-state index contributed by atoms with van der Waals surface area (Å²) in [4.78, 5) is 9.21. The maximum atomic E-state index is 4.68. The number of rotatable bonds is 4. The van der Waals surface area contributed by atoms with Gasteiger partial charge in [0.05, 0.1) is 0 Å². The largest absolute Gasteiger partial charge is 0.373 e. The van der Waals surface area contributed by atoms with Crippen LogP contribution < -0.4 is 5.32 Å². The Morgan fingerprint density at radius 3 is 2.89 bits per heavy atom. The van der Waals surface area contributed by atoms with E-state index < -0.39 is 0 Å². The van der Waals surface area contributed by atoms with E-state index >= 15 is 0 Å². The maximum Gasteiger partial charge on any atom is 0.180 e. The molecule has 0 aliphatic heterocycles. The molecule has 0 radical (unpaired) electrons. The van der Waals surface area contributed by atoms with Crippen LogP contribution in [-0.4, -0.2) is 26.8 Å². The van der Waals surface area contributed by atoms with Crippen LogP contribution in [0.4, 0.5) is 5.82 Å². The van der Waals surface area contributed by atoms with Gasteiger partial charge in [0.1, 0.15) is 11.5 Å². The van der Waals surface area contributed by atoms with Crippen LogP contribution in [0.15, 0.2) is 18.3 Å². The predicted octanol–water partition coefficient (Wildman–Crippen LogP) is 2.28. The molecule has 0 bridgehead atoms. The van der Waals surface area contributed by atoms with Crippen molar-refractivity contribution in [1.29, 1.82) is 0 Å². The fourth-order valence-electron chi connectivity index (χ4n) is 2.07. The molecule has 0 aromatic carbocycles. The molecule has 94 valence electrons. The molecule has 0 unspecified atom stereocenters. The Labute approximate surface area is 106 Å². The van der Waals surface area contributed by atoms with Crippen molar-refractivity contribution in [3.8, 4) is 11.5 Å². The van der Waals surface area contributed by atoms with Gasteiger partial charge in [-0.3, -0.25) is 4.68 Å². The molecule has 2 heterocycles. The van der Waals surface area contributed by atoms with E-state index in [-0.39, 0.29) is 0 Å². The highest BCUT2D eigenvalue weighted by atomic mass is 15.3. The van der Waals surface area contributed by atoms with Crippen LogP contribution in [0.3, 0.4) is 0 Å². The summed E-state index contributed by atoms with van der Waals surface area (Å²) >= 11 is 0. The highest BCUT2D eigenvalue weighted by Crippen LogP contribution is 2.40. The molecular formula is C13H17N5. The summed E-state index contributed by atoms with van der Waals surface area (Å²) in [6.45, 7) is 2.90. The van der Waals surface area contributed by atoms with E-state index in [0.717, 1.165) is 29.6 Å². The topological polar surface area (TPSA) is 55.6 Å². The molecule has 0 atom stereocenters. The van der Waals surface area contributed by atoms with Crippen molar-refractivity contribution >= 4 is 5.82 Å². The zero-order valence-corrected chi connectivity index (χ0v) is 10.7. The summed E-state index contributed by atoms with van der Waals surface area (Å²) in [7, 11) is 1.89. The fourth-order valence-corrected chi connectivity index (χ4v) is 2.07. The molecule has 0 amide bonds. The first-order chi connectivity index (χ1) is 8.81.